The lowest BCUT2D eigenvalue weighted by Gasteiger charge is -2.06. The second-order valence-corrected chi connectivity index (χ2v) is 2.55. The van der Waals surface area contributed by atoms with Crippen molar-refractivity contribution in [1.29, 1.82) is 0 Å². The van der Waals surface area contributed by atoms with Crippen molar-refractivity contribution in [3.8, 4) is 5.88 Å². The van der Waals surface area contributed by atoms with Gasteiger partial charge in [0.1, 0.15) is 5.69 Å². The Hall–Kier alpha value is -1.99. The van der Waals surface area contributed by atoms with Gasteiger partial charge in [-0.15, -0.1) is 0 Å². The topological polar surface area (TPSA) is 91.3 Å². The van der Waals surface area contributed by atoms with Gasteiger partial charge in [-0.1, -0.05) is 0 Å². The zero-order valence-electron chi connectivity index (χ0n) is 7.61. The SMILES string of the molecule is COc1nc(C(F)F)cc([N+](=O)[O-])c1N. The maximum atomic E-state index is 12.3. The fourth-order valence-electron chi connectivity index (χ4n) is 0.956. The molecule has 0 saturated heterocycles. The van der Waals surface area contributed by atoms with Crippen LogP contribution in [0.2, 0.25) is 0 Å². The molecular weight excluding hydrogens is 212 g/mol. The monoisotopic (exact) mass is 219 g/mol. The molecule has 0 atom stereocenters. The van der Waals surface area contributed by atoms with E-state index in [2.05, 4.69) is 9.72 Å². The molecule has 0 aliphatic rings. The van der Waals surface area contributed by atoms with Gasteiger partial charge in [0, 0.05) is 6.07 Å². The molecule has 0 aliphatic heterocycles. The lowest BCUT2D eigenvalue weighted by molar-refractivity contribution is -0.384. The quantitative estimate of drug-likeness (QED) is 0.614. The van der Waals surface area contributed by atoms with Crippen molar-refractivity contribution in [3.63, 3.8) is 0 Å². The summed E-state index contributed by atoms with van der Waals surface area (Å²) in [6.45, 7) is 0. The number of pyridine rings is 1. The molecule has 1 aromatic rings. The maximum Gasteiger partial charge on any atom is 0.299 e. The van der Waals surface area contributed by atoms with Crippen molar-refractivity contribution < 1.29 is 18.4 Å². The molecule has 0 spiro atoms. The van der Waals surface area contributed by atoms with Crippen LogP contribution in [-0.4, -0.2) is 17.0 Å². The van der Waals surface area contributed by atoms with E-state index in [1.807, 2.05) is 0 Å². The van der Waals surface area contributed by atoms with Gasteiger partial charge in [-0.25, -0.2) is 13.8 Å². The van der Waals surface area contributed by atoms with Gasteiger partial charge in [-0.2, -0.15) is 0 Å². The predicted octanol–water partition coefficient (Wildman–Crippen LogP) is 1.52. The molecule has 0 fully saturated rings. The van der Waals surface area contributed by atoms with Gasteiger partial charge in [0.2, 0.25) is 5.88 Å². The van der Waals surface area contributed by atoms with Crippen LogP contribution in [0.25, 0.3) is 0 Å². The average molecular weight is 219 g/mol. The number of nitrogen functional groups attached to an aromatic ring is 1. The molecule has 0 amide bonds. The van der Waals surface area contributed by atoms with Gasteiger partial charge in [0.15, 0.2) is 5.69 Å². The van der Waals surface area contributed by atoms with Gasteiger partial charge < -0.3 is 10.5 Å². The van der Waals surface area contributed by atoms with Crippen LogP contribution in [0.4, 0.5) is 20.2 Å². The second-order valence-electron chi connectivity index (χ2n) is 2.55. The van der Waals surface area contributed by atoms with Gasteiger partial charge in [0.25, 0.3) is 12.1 Å². The largest absolute Gasteiger partial charge is 0.479 e. The van der Waals surface area contributed by atoms with Crippen LogP contribution in [0, 0.1) is 10.1 Å². The van der Waals surface area contributed by atoms with Crippen LogP contribution in [0.1, 0.15) is 12.1 Å². The van der Waals surface area contributed by atoms with E-state index in [1.54, 1.807) is 0 Å². The Morgan fingerprint density at radius 3 is 2.67 bits per heavy atom. The van der Waals surface area contributed by atoms with Gasteiger partial charge >= 0.3 is 0 Å². The average Bonchev–Trinajstić information content (AvgIpc) is 2.17. The highest BCUT2D eigenvalue weighted by Crippen LogP contribution is 2.33. The van der Waals surface area contributed by atoms with Crippen LogP contribution in [-0.2, 0) is 0 Å². The number of nitro groups is 1. The Balaban J connectivity index is 3.38. The highest BCUT2D eigenvalue weighted by molar-refractivity contribution is 5.64. The zero-order valence-corrected chi connectivity index (χ0v) is 7.61. The summed E-state index contributed by atoms with van der Waals surface area (Å²) in [6, 6.07) is 0.628. The van der Waals surface area contributed by atoms with Crippen LogP contribution in [0.3, 0.4) is 0 Å². The highest BCUT2D eigenvalue weighted by Gasteiger charge is 2.22. The first kappa shape index (κ1) is 11.1. The minimum absolute atomic E-state index is 0.369. The van der Waals surface area contributed by atoms with Crippen LogP contribution in [0.5, 0.6) is 5.88 Å². The third-order valence-corrected chi connectivity index (χ3v) is 1.64. The van der Waals surface area contributed by atoms with Crippen molar-refractivity contribution in [2.24, 2.45) is 0 Å². The number of methoxy groups -OCH3 is 1. The van der Waals surface area contributed by atoms with E-state index in [4.69, 9.17) is 5.73 Å². The van der Waals surface area contributed by atoms with Crippen molar-refractivity contribution in [1.82, 2.24) is 4.98 Å². The number of ether oxygens (including phenoxy) is 1. The molecule has 15 heavy (non-hydrogen) atoms. The standard InChI is InChI=1S/C7H7F2N3O3/c1-15-7-5(10)4(12(13)14)2-3(11-7)6(8)9/h2,6H,10H2,1H3. The molecule has 8 heteroatoms. The molecule has 0 aliphatic carbocycles. The number of nitrogens with two attached hydrogens (primary N) is 1. The number of hydrogen-bond acceptors (Lipinski definition) is 5. The molecule has 0 aromatic carbocycles. The van der Waals surface area contributed by atoms with E-state index in [0.717, 1.165) is 7.11 Å². The number of rotatable bonds is 3. The molecule has 0 radical (unpaired) electrons. The molecule has 82 valence electrons. The molecule has 1 rings (SSSR count). The third-order valence-electron chi connectivity index (χ3n) is 1.64. The van der Waals surface area contributed by atoms with Gasteiger partial charge in [-0.3, -0.25) is 10.1 Å². The van der Waals surface area contributed by atoms with E-state index in [-0.39, 0.29) is 11.6 Å². The van der Waals surface area contributed by atoms with Crippen molar-refractivity contribution >= 4 is 11.4 Å². The molecule has 0 bridgehead atoms. The normalized spacial score (nSPS) is 10.4. The first-order valence-electron chi connectivity index (χ1n) is 3.74. The Morgan fingerprint density at radius 2 is 2.27 bits per heavy atom. The Labute approximate surface area is 82.8 Å². The minimum Gasteiger partial charge on any atom is -0.479 e. The molecule has 0 saturated carbocycles. The Morgan fingerprint density at radius 1 is 1.67 bits per heavy atom. The van der Waals surface area contributed by atoms with E-state index >= 15 is 0 Å². The summed E-state index contributed by atoms with van der Waals surface area (Å²) in [4.78, 5) is 12.9. The zero-order chi connectivity index (χ0) is 11.6. The summed E-state index contributed by atoms with van der Waals surface area (Å²) < 4.78 is 29.1. The molecule has 2 N–H and O–H groups in total. The molecule has 6 nitrogen and oxygen atoms in total. The van der Waals surface area contributed by atoms with E-state index in [1.165, 1.54) is 0 Å². The van der Waals surface area contributed by atoms with Gasteiger partial charge in [-0.05, 0) is 0 Å². The summed E-state index contributed by atoms with van der Waals surface area (Å²) in [6.07, 6.45) is -2.92. The first-order chi connectivity index (χ1) is 6.97. The molecule has 0 unspecified atom stereocenters. The number of nitrogens with zero attached hydrogens (tertiary/aromatic N) is 2. The predicted molar refractivity (Wildman–Crippen MR) is 46.8 cm³/mol. The van der Waals surface area contributed by atoms with Crippen LogP contribution in [0.15, 0.2) is 6.07 Å². The fourth-order valence-corrected chi connectivity index (χ4v) is 0.956. The van der Waals surface area contributed by atoms with Crippen molar-refractivity contribution in [3.05, 3.63) is 21.9 Å². The Kier molecular flexibility index (Phi) is 2.98. The molecule has 1 heterocycles. The summed E-state index contributed by atoms with van der Waals surface area (Å²) in [7, 11) is 1.14. The smallest absolute Gasteiger partial charge is 0.299 e. The van der Waals surface area contributed by atoms with Gasteiger partial charge in [0.05, 0.1) is 12.0 Å². The first-order valence-corrected chi connectivity index (χ1v) is 3.74. The van der Waals surface area contributed by atoms with Crippen molar-refractivity contribution in [2.45, 2.75) is 6.43 Å². The summed E-state index contributed by atoms with van der Waals surface area (Å²) in [5.74, 6) is -0.375. The van der Waals surface area contributed by atoms with Crippen LogP contribution < -0.4 is 10.5 Å². The highest BCUT2D eigenvalue weighted by atomic mass is 19.3. The summed E-state index contributed by atoms with van der Waals surface area (Å²) in [5.41, 5.74) is 3.54. The maximum absolute atomic E-state index is 12.3. The lowest BCUT2D eigenvalue weighted by atomic mass is 10.3. The van der Waals surface area contributed by atoms with E-state index < -0.39 is 22.7 Å². The Bertz CT molecular complexity index is 397. The second kappa shape index (κ2) is 4.03. The van der Waals surface area contributed by atoms with Crippen LogP contribution >= 0.6 is 0 Å². The molecular formula is C7H7F2N3O3. The van der Waals surface area contributed by atoms with Crippen molar-refractivity contribution in [2.75, 3.05) is 12.8 Å². The number of aromatic nitrogens is 1. The summed E-state index contributed by atoms with van der Waals surface area (Å²) >= 11 is 0. The molecule has 1 aromatic heterocycles. The third kappa shape index (κ3) is 2.09. The van der Waals surface area contributed by atoms with E-state index in [9.17, 15) is 18.9 Å². The number of anilines is 1. The van der Waals surface area contributed by atoms with E-state index in [0.29, 0.717) is 6.07 Å². The number of halogens is 2. The fraction of sp³-hybridized carbons (Fsp3) is 0.286. The number of hydrogen-bond donors (Lipinski definition) is 1. The minimum atomic E-state index is -2.92. The summed E-state index contributed by atoms with van der Waals surface area (Å²) in [5, 5.41) is 10.5. The lowest BCUT2D eigenvalue weighted by Crippen LogP contribution is -2.04. The number of alkyl halides is 2.